The maximum absolute atomic E-state index is 13.1. The quantitative estimate of drug-likeness (QED) is 0.321. The number of aromatic amines is 1. The van der Waals surface area contributed by atoms with E-state index < -0.39 is 27.7 Å². The molecule has 0 aliphatic heterocycles. The van der Waals surface area contributed by atoms with Gasteiger partial charge < -0.3 is 10.3 Å². The van der Waals surface area contributed by atoms with Gasteiger partial charge >= 0.3 is 6.18 Å². The topological polar surface area (TPSA) is 121 Å². The van der Waals surface area contributed by atoms with Crippen molar-refractivity contribution in [1.82, 2.24) is 24.5 Å². The smallest absolute Gasteiger partial charge is 0.338 e. The number of para-hydroxylation sites is 1. The Labute approximate surface area is 208 Å². The van der Waals surface area contributed by atoms with Crippen LogP contribution in [0.15, 0.2) is 52.5 Å². The van der Waals surface area contributed by atoms with Crippen LogP contribution in [0, 0.1) is 0 Å². The largest absolute Gasteiger partial charge is 0.418 e. The summed E-state index contributed by atoms with van der Waals surface area (Å²) in [6.07, 6.45) is -4.60. The highest BCUT2D eigenvalue weighted by atomic mass is 32.2. The number of H-pyrrole nitrogens is 1. The number of rotatable bonds is 8. The molecule has 2 aromatic heterocycles. The van der Waals surface area contributed by atoms with Crippen molar-refractivity contribution in [3.63, 3.8) is 0 Å². The molecule has 0 atom stereocenters. The summed E-state index contributed by atoms with van der Waals surface area (Å²) >= 11 is 0.903. The molecule has 0 spiro atoms. The first-order chi connectivity index (χ1) is 17.0. The van der Waals surface area contributed by atoms with Gasteiger partial charge in [-0.1, -0.05) is 37.7 Å². The van der Waals surface area contributed by atoms with Gasteiger partial charge in [-0.05, 0) is 30.3 Å². The summed E-state index contributed by atoms with van der Waals surface area (Å²) < 4.78 is 66.5. The number of anilines is 1. The van der Waals surface area contributed by atoms with E-state index in [4.69, 9.17) is 0 Å². The number of carbonyl (C=O) groups excluding carboxylic acids is 1. The molecule has 0 saturated heterocycles. The van der Waals surface area contributed by atoms with Gasteiger partial charge in [-0.3, -0.25) is 4.79 Å². The number of nitrogens with zero attached hydrogens (tertiary/aromatic N) is 4. The molecule has 0 aliphatic carbocycles. The monoisotopic (exact) mass is 538 g/mol. The number of hydrogen-bond acceptors (Lipinski definition) is 7. The van der Waals surface area contributed by atoms with Crippen molar-refractivity contribution < 1.29 is 26.4 Å². The number of fused-ring (bicyclic) bond motifs is 3. The van der Waals surface area contributed by atoms with Gasteiger partial charge in [-0.2, -0.15) is 17.5 Å². The minimum atomic E-state index is -4.60. The zero-order chi connectivity index (χ0) is 26.1. The average molecular weight is 539 g/mol. The third-order valence-corrected chi connectivity index (χ3v) is 8.23. The van der Waals surface area contributed by atoms with Gasteiger partial charge in [0.25, 0.3) is 0 Å². The van der Waals surface area contributed by atoms with Gasteiger partial charge in [-0.25, -0.2) is 13.4 Å². The first-order valence-electron chi connectivity index (χ1n) is 10.8. The molecule has 0 bridgehead atoms. The number of halogens is 3. The van der Waals surface area contributed by atoms with Crippen LogP contribution >= 0.6 is 11.8 Å². The Kier molecular flexibility index (Phi) is 7.20. The molecule has 36 heavy (non-hydrogen) atoms. The minimum Gasteiger partial charge on any atom is -0.338 e. The van der Waals surface area contributed by atoms with Gasteiger partial charge in [0, 0.05) is 24.0 Å². The normalized spacial score (nSPS) is 12.5. The molecule has 4 rings (SSSR count). The van der Waals surface area contributed by atoms with Crippen LogP contribution in [0.2, 0.25) is 0 Å². The van der Waals surface area contributed by atoms with E-state index in [9.17, 15) is 26.4 Å². The molecule has 0 aliphatic rings. The zero-order valence-corrected chi connectivity index (χ0v) is 20.8. The van der Waals surface area contributed by atoms with Gasteiger partial charge in [0.2, 0.25) is 21.1 Å². The van der Waals surface area contributed by atoms with Crippen LogP contribution in [-0.4, -0.2) is 57.6 Å². The molecular weight excluding hydrogens is 517 g/mol. The van der Waals surface area contributed by atoms with Gasteiger partial charge in [0.15, 0.2) is 5.65 Å². The van der Waals surface area contributed by atoms with E-state index in [1.165, 1.54) is 34.6 Å². The first kappa shape index (κ1) is 25.9. The highest BCUT2D eigenvalue weighted by molar-refractivity contribution is 7.99. The maximum atomic E-state index is 13.1. The number of nitrogens with one attached hydrogen (secondary N) is 2. The van der Waals surface area contributed by atoms with E-state index in [0.29, 0.717) is 35.2 Å². The Morgan fingerprint density at radius 2 is 1.83 bits per heavy atom. The van der Waals surface area contributed by atoms with E-state index in [-0.39, 0.29) is 21.5 Å². The van der Waals surface area contributed by atoms with Crippen molar-refractivity contribution in [2.45, 2.75) is 30.1 Å². The Morgan fingerprint density at radius 1 is 1.11 bits per heavy atom. The second-order valence-electron chi connectivity index (χ2n) is 7.59. The molecule has 14 heteroatoms. The molecule has 4 aromatic rings. The van der Waals surface area contributed by atoms with Crippen LogP contribution < -0.4 is 5.32 Å². The van der Waals surface area contributed by atoms with Gasteiger partial charge in [-0.15, -0.1) is 10.2 Å². The molecule has 2 N–H and O–H groups in total. The second-order valence-corrected chi connectivity index (χ2v) is 10.5. The highest BCUT2D eigenvalue weighted by Gasteiger charge is 2.33. The molecule has 0 radical (unpaired) electrons. The van der Waals surface area contributed by atoms with Crippen LogP contribution in [0.1, 0.15) is 19.4 Å². The summed E-state index contributed by atoms with van der Waals surface area (Å²) in [5.74, 6) is -0.908. The predicted molar refractivity (Wildman–Crippen MR) is 130 cm³/mol. The lowest BCUT2D eigenvalue weighted by Gasteiger charge is -2.18. The number of alkyl halides is 3. The van der Waals surface area contributed by atoms with Crippen molar-refractivity contribution in [1.29, 1.82) is 0 Å². The fourth-order valence-electron chi connectivity index (χ4n) is 3.63. The van der Waals surface area contributed by atoms with Crippen molar-refractivity contribution >= 4 is 55.4 Å². The molecule has 0 fully saturated rings. The Bertz CT molecular complexity index is 1540. The molecule has 0 saturated carbocycles. The van der Waals surface area contributed by atoms with E-state index in [0.717, 1.165) is 17.8 Å². The number of benzene rings is 2. The summed E-state index contributed by atoms with van der Waals surface area (Å²) in [6.45, 7) is 4.19. The Hall–Kier alpha value is -3.23. The van der Waals surface area contributed by atoms with Crippen LogP contribution in [0.25, 0.3) is 22.1 Å². The number of aromatic nitrogens is 4. The fraction of sp³-hybridized carbons (Fsp3) is 0.273. The maximum Gasteiger partial charge on any atom is 0.418 e. The Morgan fingerprint density at radius 3 is 2.53 bits per heavy atom. The van der Waals surface area contributed by atoms with Crippen LogP contribution in [0.5, 0.6) is 0 Å². The summed E-state index contributed by atoms with van der Waals surface area (Å²) in [5, 5.41) is 11.0. The fourth-order valence-corrected chi connectivity index (χ4v) is 5.70. The number of carbonyl (C=O) groups is 1. The number of thioether (sulfide) groups is 1. The molecule has 1 amide bonds. The van der Waals surface area contributed by atoms with Crippen LogP contribution in [-0.2, 0) is 21.0 Å². The predicted octanol–water partition coefficient (Wildman–Crippen LogP) is 4.29. The van der Waals surface area contributed by atoms with Gasteiger partial charge in [0.1, 0.15) is 5.52 Å². The lowest BCUT2D eigenvalue weighted by Crippen LogP contribution is -2.30. The SMILES string of the molecule is CCN(CC)S(=O)(=O)c1ccc2[nH]c3nc(SCC(=O)Nc4ccccc4C(F)(F)F)nnc3c2c1. The number of sulfonamides is 1. The molecule has 2 heterocycles. The van der Waals surface area contributed by atoms with Crippen molar-refractivity contribution in [3.05, 3.63) is 48.0 Å². The lowest BCUT2D eigenvalue weighted by molar-refractivity contribution is -0.137. The molecule has 2 aromatic carbocycles. The highest BCUT2D eigenvalue weighted by Crippen LogP contribution is 2.34. The van der Waals surface area contributed by atoms with E-state index in [1.54, 1.807) is 19.9 Å². The molecule has 9 nitrogen and oxygen atoms in total. The lowest BCUT2D eigenvalue weighted by atomic mass is 10.1. The Balaban J connectivity index is 1.53. The summed E-state index contributed by atoms with van der Waals surface area (Å²) in [5.41, 5.74) is 0.0190. The van der Waals surface area contributed by atoms with Crippen molar-refractivity contribution in [2.75, 3.05) is 24.2 Å². The van der Waals surface area contributed by atoms with E-state index >= 15 is 0 Å². The summed E-state index contributed by atoms with van der Waals surface area (Å²) in [7, 11) is -3.67. The molecular formula is C22H21F3N6O3S2. The van der Waals surface area contributed by atoms with Crippen molar-refractivity contribution in [3.8, 4) is 0 Å². The van der Waals surface area contributed by atoms with E-state index in [1.807, 2.05) is 0 Å². The molecule has 0 unspecified atom stereocenters. The number of amides is 1. The third-order valence-electron chi connectivity index (χ3n) is 5.35. The second kappa shape index (κ2) is 10.0. The van der Waals surface area contributed by atoms with Crippen LogP contribution in [0.3, 0.4) is 0 Å². The minimum absolute atomic E-state index is 0.121. The zero-order valence-electron chi connectivity index (χ0n) is 19.1. The summed E-state index contributed by atoms with van der Waals surface area (Å²) in [4.78, 5) is 19.7. The van der Waals surface area contributed by atoms with E-state index in [2.05, 4.69) is 25.5 Å². The van der Waals surface area contributed by atoms with Gasteiger partial charge in [0.05, 0.1) is 21.9 Å². The first-order valence-corrected chi connectivity index (χ1v) is 13.2. The standard InChI is InChI=1S/C22H21F3N6O3S2/c1-3-31(4-2)36(33,34)13-9-10-16-14(11-13)19-20(27-16)28-21(30-29-19)35-12-18(32)26-17-8-6-5-7-15(17)22(23,24)25/h5-11H,3-4,12H2,1-2H3,(H,26,32)(H,27,28,30). The third kappa shape index (κ3) is 5.15. The van der Waals surface area contributed by atoms with Crippen molar-refractivity contribution in [2.24, 2.45) is 0 Å². The number of hydrogen-bond donors (Lipinski definition) is 2. The summed E-state index contributed by atoms with van der Waals surface area (Å²) in [6, 6.07) is 9.33. The molecule has 190 valence electrons. The average Bonchev–Trinajstić information content (AvgIpc) is 3.20. The van der Waals surface area contributed by atoms with Crippen LogP contribution in [0.4, 0.5) is 18.9 Å².